The van der Waals surface area contributed by atoms with Crippen LogP contribution in [0.25, 0.3) is 0 Å². The van der Waals surface area contributed by atoms with Gasteiger partial charge in [-0.1, -0.05) is 41.4 Å². The van der Waals surface area contributed by atoms with E-state index in [9.17, 15) is 5.11 Å². The third-order valence-electron chi connectivity index (χ3n) is 2.48. The van der Waals surface area contributed by atoms with Crippen molar-refractivity contribution in [2.24, 2.45) is 0 Å². The SMILES string of the molecule is C[C@H](O)c1ccccc1Oc1ccc(Cl)cc1Cl. The first-order chi connectivity index (χ1) is 8.58. The normalized spacial score (nSPS) is 12.2. The maximum absolute atomic E-state index is 9.66. The van der Waals surface area contributed by atoms with E-state index in [1.54, 1.807) is 31.2 Å². The topological polar surface area (TPSA) is 29.5 Å². The molecule has 2 aromatic rings. The van der Waals surface area contributed by atoms with Gasteiger partial charge >= 0.3 is 0 Å². The summed E-state index contributed by atoms with van der Waals surface area (Å²) in [4.78, 5) is 0. The molecular formula is C14H12Cl2O2. The van der Waals surface area contributed by atoms with Crippen LogP contribution in [0.4, 0.5) is 0 Å². The first kappa shape index (κ1) is 13.2. The van der Waals surface area contributed by atoms with Gasteiger partial charge in [-0.25, -0.2) is 0 Å². The van der Waals surface area contributed by atoms with Gasteiger partial charge < -0.3 is 9.84 Å². The molecule has 0 bridgehead atoms. The van der Waals surface area contributed by atoms with Crippen molar-refractivity contribution in [3.05, 3.63) is 58.1 Å². The number of ether oxygens (including phenoxy) is 1. The smallest absolute Gasteiger partial charge is 0.146 e. The summed E-state index contributed by atoms with van der Waals surface area (Å²) in [6, 6.07) is 12.3. The molecule has 0 aliphatic carbocycles. The standard InChI is InChI=1S/C14H12Cl2O2/c1-9(17)11-4-2-3-5-13(11)18-14-7-6-10(15)8-12(14)16/h2-9,17H,1H3/t9-/m0/s1. The molecule has 1 N–H and O–H groups in total. The fourth-order valence-electron chi connectivity index (χ4n) is 1.60. The van der Waals surface area contributed by atoms with Gasteiger partial charge in [-0.3, -0.25) is 0 Å². The highest BCUT2D eigenvalue weighted by molar-refractivity contribution is 6.35. The molecule has 2 rings (SSSR count). The number of para-hydroxylation sites is 1. The Kier molecular flexibility index (Phi) is 4.12. The summed E-state index contributed by atoms with van der Waals surface area (Å²) in [6.07, 6.45) is -0.604. The zero-order valence-corrected chi connectivity index (χ0v) is 11.2. The Hall–Kier alpha value is -1.22. The Morgan fingerprint density at radius 2 is 1.78 bits per heavy atom. The third-order valence-corrected chi connectivity index (χ3v) is 3.01. The van der Waals surface area contributed by atoms with Gasteiger partial charge in [-0.2, -0.15) is 0 Å². The van der Waals surface area contributed by atoms with Crippen molar-refractivity contribution in [3.8, 4) is 11.5 Å². The van der Waals surface area contributed by atoms with Gasteiger partial charge in [0, 0.05) is 10.6 Å². The summed E-state index contributed by atoms with van der Waals surface area (Å²) in [5.74, 6) is 1.09. The van der Waals surface area contributed by atoms with Crippen LogP contribution in [-0.4, -0.2) is 5.11 Å². The van der Waals surface area contributed by atoms with Crippen molar-refractivity contribution in [3.63, 3.8) is 0 Å². The molecule has 0 saturated heterocycles. The second-order valence-corrected chi connectivity index (χ2v) is 4.73. The van der Waals surface area contributed by atoms with Crippen molar-refractivity contribution >= 4 is 23.2 Å². The summed E-state index contributed by atoms with van der Waals surface area (Å²) in [7, 11) is 0. The van der Waals surface area contributed by atoms with E-state index in [1.165, 1.54) is 0 Å². The van der Waals surface area contributed by atoms with Gasteiger partial charge in [0.2, 0.25) is 0 Å². The minimum absolute atomic E-state index is 0.433. The third kappa shape index (κ3) is 2.96. The highest BCUT2D eigenvalue weighted by Gasteiger charge is 2.10. The van der Waals surface area contributed by atoms with Crippen LogP contribution in [0.1, 0.15) is 18.6 Å². The fraction of sp³-hybridized carbons (Fsp3) is 0.143. The molecule has 0 amide bonds. The van der Waals surface area contributed by atoms with E-state index in [2.05, 4.69) is 0 Å². The zero-order valence-electron chi connectivity index (χ0n) is 9.73. The molecule has 0 aliphatic heterocycles. The number of hydrogen-bond donors (Lipinski definition) is 1. The minimum atomic E-state index is -0.604. The van der Waals surface area contributed by atoms with Crippen LogP contribution in [-0.2, 0) is 0 Å². The van der Waals surface area contributed by atoms with E-state index in [1.807, 2.05) is 18.2 Å². The van der Waals surface area contributed by atoms with Gasteiger partial charge in [0.15, 0.2) is 0 Å². The first-order valence-corrected chi connectivity index (χ1v) is 6.23. The Labute approximate surface area is 116 Å². The monoisotopic (exact) mass is 282 g/mol. The first-order valence-electron chi connectivity index (χ1n) is 5.48. The molecule has 2 aromatic carbocycles. The van der Waals surface area contributed by atoms with E-state index in [-0.39, 0.29) is 0 Å². The number of rotatable bonds is 3. The summed E-state index contributed by atoms with van der Waals surface area (Å²) in [6.45, 7) is 1.69. The highest BCUT2D eigenvalue weighted by atomic mass is 35.5. The van der Waals surface area contributed by atoms with Crippen molar-refractivity contribution in [2.45, 2.75) is 13.0 Å². The second-order valence-electron chi connectivity index (χ2n) is 3.89. The van der Waals surface area contributed by atoms with E-state index in [4.69, 9.17) is 27.9 Å². The molecular weight excluding hydrogens is 271 g/mol. The fourth-order valence-corrected chi connectivity index (χ4v) is 2.04. The van der Waals surface area contributed by atoms with Gasteiger partial charge in [0.05, 0.1) is 11.1 Å². The van der Waals surface area contributed by atoms with E-state index in [0.29, 0.717) is 27.1 Å². The number of halogens is 2. The molecule has 0 aromatic heterocycles. The average molecular weight is 283 g/mol. The molecule has 0 unspecified atom stereocenters. The minimum Gasteiger partial charge on any atom is -0.455 e. The molecule has 0 aliphatic rings. The van der Waals surface area contributed by atoms with Gasteiger partial charge in [0.1, 0.15) is 11.5 Å². The van der Waals surface area contributed by atoms with Crippen LogP contribution in [0.5, 0.6) is 11.5 Å². The van der Waals surface area contributed by atoms with Crippen LogP contribution in [0.15, 0.2) is 42.5 Å². The average Bonchev–Trinajstić information content (AvgIpc) is 2.33. The number of aliphatic hydroxyl groups is 1. The number of benzene rings is 2. The lowest BCUT2D eigenvalue weighted by atomic mass is 10.1. The van der Waals surface area contributed by atoms with Crippen molar-refractivity contribution in [1.82, 2.24) is 0 Å². The van der Waals surface area contributed by atoms with Crippen molar-refractivity contribution in [2.75, 3.05) is 0 Å². The Morgan fingerprint density at radius 1 is 1.06 bits per heavy atom. The number of hydrogen-bond acceptors (Lipinski definition) is 2. The predicted octanol–water partition coefficient (Wildman–Crippen LogP) is 4.84. The Morgan fingerprint density at radius 3 is 2.44 bits per heavy atom. The van der Waals surface area contributed by atoms with Gasteiger partial charge in [-0.05, 0) is 31.2 Å². The highest BCUT2D eigenvalue weighted by Crippen LogP contribution is 2.34. The lowest BCUT2D eigenvalue weighted by molar-refractivity contribution is 0.195. The molecule has 0 radical (unpaired) electrons. The summed E-state index contributed by atoms with van der Waals surface area (Å²) in [5.41, 5.74) is 0.712. The molecule has 1 atom stereocenters. The molecule has 0 heterocycles. The molecule has 0 saturated carbocycles. The maximum atomic E-state index is 9.66. The Balaban J connectivity index is 2.34. The van der Waals surface area contributed by atoms with Gasteiger partial charge in [0.25, 0.3) is 0 Å². The van der Waals surface area contributed by atoms with Crippen molar-refractivity contribution < 1.29 is 9.84 Å². The lowest BCUT2D eigenvalue weighted by Crippen LogP contribution is -1.96. The van der Waals surface area contributed by atoms with Crippen LogP contribution >= 0.6 is 23.2 Å². The molecule has 94 valence electrons. The summed E-state index contributed by atoms with van der Waals surface area (Å²) in [5, 5.41) is 10.6. The maximum Gasteiger partial charge on any atom is 0.146 e. The summed E-state index contributed by atoms with van der Waals surface area (Å²) >= 11 is 11.9. The lowest BCUT2D eigenvalue weighted by Gasteiger charge is -2.13. The van der Waals surface area contributed by atoms with Crippen LogP contribution in [0, 0.1) is 0 Å². The van der Waals surface area contributed by atoms with Crippen LogP contribution in [0.2, 0.25) is 10.0 Å². The largest absolute Gasteiger partial charge is 0.455 e. The van der Waals surface area contributed by atoms with Crippen LogP contribution < -0.4 is 4.74 Å². The predicted molar refractivity (Wildman–Crippen MR) is 73.6 cm³/mol. The van der Waals surface area contributed by atoms with Gasteiger partial charge in [-0.15, -0.1) is 0 Å². The second kappa shape index (κ2) is 5.61. The summed E-state index contributed by atoms with van der Waals surface area (Å²) < 4.78 is 5.71. The van der Waals surface area contributed by atoms with Crippen LogP contribution in [0.3, 0.4) is 0 Å². The van der Waals surface area contributed by atoms with E-state index >= 15 is 0 Å². The Bertz CT molecular complexity index is 553. The molecule has 2 nitrogen and oxygen atoms in total. The number of aliphatic hydroxyl groups excluding tert-OH is 1. The van der Waals surface area contributed by atoms with E-state index in [0.717, 1.165) is 0 Å². The van der Waals surface area contributed by atoms with Crippen molar-refractivity contribution in [1.29, 1.82) is 0 Å². The molecule has 4 heteroatoms. The quantitative estimate of drug-likeness (QED) is 0.873. The molecule has 0 fully saturated rings. The molecule has 18 heavy (non-hydrogen) atoms. The molecule has 0 spiro atoms. The van der Waals surface area contributed by atoms with E-state index < -0.39 is 6.10 Å². The zero-order chi connectivity index (χ0) is 13.1.